The van der Waals surface area contributed by atoms with Gasteiger partial charge in [-0.15, -0.1) is 0 Å². The van der Waals surface area contributed by atoms with Crippen molar-refractivity contribution < 1.29 is 9.53 Å². The van der Waals surface area contributed by atoms with Crippen LogP contribution in [0.25, 0.3) is 10.8 Å². The number of carbonyl (C=O) groups excluding carboxylic acids is 1. The van der Waals surface area contributed by atoms with E-state index >= 15 is 0 Å². The lowest BCUT2D eigenvalue weighted by Crippen LogP contribution is -2.13. The molecule has 4 heteroatoms. The molecule has 1 amide bonds. The summed E-state index contributed by atoms with van der Waals surface area (Å²) in [4.78, 5) is 12.8. The van der Waals surface area contributed by atoms with E-state index in [1.54, 1.807) is 7.11 Å². The van der Waals surface area contributed by atoms with Gasteiger partial charge in [0, 0.05) is 5.69 Å². The summed E-state index contributed by atoms with van der Waals surface area (Å²) in [5.41, 5.74) is 3.61. The van der Waals surface area contributed by atoms with E-state index in [1.165, 1.54) is 5.56 Å². The highest BCUT2D eigenvalue weighted by Crippen LogP contribution is 2.36. The van der Waals surface area contributed by atoms with Crippen molar-refractivity contribution in [1.82, 2.24) is 0 Å². The van der Waals surface area contributed by atoms with Crippen LogP contribution in [0.4, 0.5) is 5.69 Å². The Morgan fingerprint density at radius 1 is 1.04 bits per heavy atom. The Hall–Kier alpha value is -2.33. The van der Waals surface area contributed by atoms with Gasteiger partial charge in [-0.25, -0.2) is 0 Å². The number of ether oxygens (including phenoxy) is 1. The highest BCUT2D eigenvalue weighted by molar-refractivity contribution is 9.10. The van der Waals surface area contributed by atoms with Crippen molar-refractivity contribution in [2.45, 2.75) is 13.8 Å². The highest BCUT2D eigenvalue weighted by Gasteiger charge is 2.18. The van der Waals surface area contributed by atoms with Crippen LogP contribution < -0.4 is 10.1 Å². The van der Waals surface area contributed by atoms with E-state index in [1.807, 2.05) is 62.4 Å². The van der Waals surface area contributed by atoms with Crippen LogP contribution in [0.2, 0.25) is 0 Å². The molecule has 1 N–H and O–H groups in total. The molecule has 0 aliphatic carbocycles. The maximum Gasteiger partial charge on any atom is 0.259 e. The van der Waals surface area contributed by atoms with E-state index in [4.69, 9.17) is 4.74 Å². The minimum Gasteiger partial charge on any atom is -0.495 e. The van der Waals surface area contributed by atoms with E-state index in [9.17, 15) is 4.79 Å². The summed E-state index contributed by atoms with van der Waals surface area (Å²) in [6.07, 6.45) is 0. The number of nitrogens with one attached hydrogen (secondary N) is 1. The van der Waals surface area contributed by atoms with Gasteiger partial charge in [0.2, 0.25) is 0 Å². The normalized spacial score (nSPS) is 10.7. The molecule has 0 aromatic heterocycles. The zero-order valence-corrected chi connectivity index (χ0v) is 15.4. The molecule has 0 spiro atoms. The number of aryl methyl sites for hydroxylation is 2. The van der Waals surface area contributed by atoms with Crippen LogP contribution in [-0.4, -0.2) is 13.0 Å². The number of methoxy groups -OCH3 is 1. The third kappa shape index (κ3) is 3.02. The number of fused-ring (bicyclic) bond motifs is 1. The fourth-order valence-corrected chi connectivity index (χ4v) is 3.41. The molecule has 0 radical (unpaired) electrons. The number of benzene rings is 3. The van der Waals surface area contributed by atoms with Crippen LogP contribution in [0.5, 0.6) is 5.75 Å². The summed E-state index contributed by atoms with van der Waals surface area (Å²) in [7, 11) is 1.57. The van der Waals surface area contributed by atoms with Gasteiger partial charge >= 0.3 is 0 Å². The Labute approximate surface area is 149 Å². The Bertz CT molecular complexity index is 934. The fraction of sp³-hybridized carbons (Fsp3) is 0.150. The molecular formula is C20H18BrNO2. The zero-order valence-electron chi connectivity index (χ0n) is 13.8. The van der Waals surface area contributed by atoms with Crippen molar-refractivity contribution in [3.05, 3.63) is 69.7 Å². The van der Waals surface area contributed by atoms with Crippen molar-refractivity contribution in [3.63, 3.8) is 0 Å². The summed E-state index contributed by atoms with van der Waals surface area (Å²) in [5.74, 6) is 0.344. The van der Waals surface area contributed by atoms with Gasteiger partial charge in [-0.2, -0.15) is 0 Å². The minimum atomic E-state index is -0.193. The van der Waals surface area contributed by atoms with Crippen molar-refractivity contribution in [2.24, 2.45) is 0 Å². The fourth-order valence-electron chi connectivity index (χ4n) is 2.67. The molecule has 3 rings (SSSR count). The first-order valence-electron chi connectivity index (χ1n) is 7.65. The Balaban J connectivity index is 2.04. The van der Waals surface area contributed by atoms with Crippen LogP contribution in [0.3, 0.4) is 0 Å². The molecule has 3 aromatic carbocycles. The number of hydrogen-bond acceptors (Lipinski definition) is 2. The van der Waals surface area contributed by atoms with E-state index in [-0.39, 0.29) is 5.91 Å². The maximum absolute atomic E-state index is 12.8. The smallest absolute Gasteiger partial charge is 0.259 e. The number of carbonyl (C=O) groups is 1. The number of hydrogen-bond donors (Lipinski definition) is 1. The second-order valence-electron chi connectivity index (χ2n) is 5.75. The first-order chi connectivity index (χ1) is 11.5. The third-order valence-electron chi connectivity index (χ3n) is 4.15. The predicted molar refractivity (Wildman–Crippen MR) is 102 cm³/mol. The molecule has 0 fully saturated rings. The highest BCUT2D eigenvalue weighted by atomic mass is 79.9. The van der Waals surface area contributed by atoms with Crippen molar-refractivity contribution >= 4 is 38.3 Å². The number of halogens is 1. The average molecular weight is 384 g/mol. The molecular weight excluding hydrogens is 366 g/mol. The zero-order chi connectivity index (χ0) is 17.3. The largest absolute Gasteiger partial charge is 0.495 e. The summed E-state index contributed by atoms with van der Waals surface area (Å²) in [5, 5.41) is 4.95. The first kappa shape index (κ1) is 16.5. The molecule has 0 bridgehead atoms. The van der Waals surface area contributed by atoms with Crippen molar-refractivity contribution in [2.75, 3.05) is 12.4 Å². The van der Waals surface area contributed by atoms with E-state index < -0.39 is 0 Å². The topological polar surface area (TPSA) is 38.3 Å². The van der Waals surface area contributed by atoms with Gasteiger partial charge in [-0.1, -0.05) is 30.3 Å². The molecule has 3 aromatic rings. The lowest BCUT2D eigenvalue weighted by atomic mass is 10.0. The van der Waals surface area contributed by atoms with E-state index in [0.717, 1.165) is 26.5 Å². The second-order valence-corrected chi connectivity index (χ2v) is 6.54. The Morgan fingerprint density at radius 2 is 1.79 bits per heavy atom. The van der Waals surface area contributed by atoms with Crippen LogP contribution in [0.1, 0.15) is 21.5 Å². The molecule has 0 aliphatic rings. The van der Waals surface area contributed by atoms with Gasteiger partial charge in [0.25, 0.3) is 5.91 Å². The van der Waals surface area contributed by atoms with Crippen LogP contribution >= 0.6 is 15.9 Å². The lowest BCUT2D eigenvalue weighted by Gasteiger charge is -2.14. The second kappa shape index (κ2) is 6.65. The summed E-state index contributed by atoms with van der Waals surface area (Å²) in [6, 6.07) is 15.6. The molecule has 0 saturated heterocycles. The van der Waals surface area contributed by atoms with Gasteiger partial charge in [0.05, 0.1) is 17.1 Å². The molecule has 0 aliphatic heterocycles. The summed E-state index contributed by atoms with van der Waals surface area (Å²) in [6.45, 7) is 4.07. The molecule has 0 unspecified atom stereocenters. The Kier molecular flexibility index (Phi) is 4.58. The SMILES string of the molecule is COc1c(C(=O)Nc2ccc(C)c(C)c2)cc2ccccc2c1Br. The van der Waals surface area contributed by atoms with Crippen molar-refractivity contribution in [1.29, 1.82) is 0 Å². The van der Waals surface area contributed by atoms with Gasteiger partial charge in [0.1, 0.15) is 5.75 Å². The van der Waals surface area contributed by atoms with E-state index in [2.05, 4.69) is 21.2 Å². The molecule has 0 saturated carbocycles. The minimum absolute atomic E-state index is 0.193. The average Bonchev–Trinajstić information content (AvgIpc) is 2.58. The van der Waals surface area contributed by atoms with Crippen LogP contribution in [0, 0.1) is 13.8 Å². The molecule has 0 atom stereocenters. The van der Waals surface area contributed by atoms with Gasteiger partial charge in [-0.3, -0.25) is 4.79 Å². The monoisotopic (exact) mass is 383 g/mol. The standard InChI is InChI=1S/C20H18BrNO2/c1-12-8-9-15(10-13(12)2)22-20(23)17-11-14-6-4-5-7-16(14)18(21)19(17)24-3/h4-11H,1-3H3,(H,22,23). The molecule has 3 nitrogen and oxygen atoms in total. The molecule has 0 heterocycles. The predicted octanol–water partition coefficient (Wildman–Crippen LogP) is 5.48. The molecule has 122 valence electrons. The summed E-state index contributed by atoms with van der Waals surface area (Å²) >= 11 is 3.56. The quantitative estimate of drug-likeness (QED) is 0.649. The maximum atomic E-state index is 12.8. The number of anilines is 1. The van der Waals surface area contributed by atoms with E-state index in [0.29, 0.717) is 11.3 Å². The van der Waals surface area contributed by atoms with Crippen LogP contribution in [-0.2, 0) is 0 Å². The summed E-state index contributed by atoms with van der Waals surface area (Å²) < 4.78 is 6.26. The van der Waals surface area contributed by atoms with Gasteiger partial charge in [0.15, 0.2) is 0 Å². The van der Waals surface area contributed by atoms with Crippen LogP contribution in [0.15, 0.2) is 53.0 Å². The molecule has 24 heavy (non-hydrogen) atoms. The lowest BCUT2D eigenvalue weighted by molar-refractivity contribution is 0.102. The number of amides is 1. The first-order valence-corrected chi connectivity index (χ1v) is 8.44. The third-order valence-corrected chi connectivity index (χ3v) is 4.94. The Morgan fingerprint density at radius 3 is 2.50 bits per heavy atom. The van der Waals surface area contributed by atoms with Crippen molar-refractivity contribution in [3.8, 4) is 5.75 Å². The van der Waals surface area contributed by atoms with Gasteiger partial charge in [-0.05, 0) is 69.9 Å². The van der Waals surface area contributed by atoms with Gasteiger partial charge < -0.3 is 10.1 Å². The number of rotatable bonds is 3.